The molecule has 134 valence electrons. The maximum absolute atomic E-state index is 12.3. The number of amides is 1. The monoisotopic (exact) mass is 365 g/mol. The van der Waals surface area contributed by atoms with Crippen molar-refractivity contribution in [3.8, 4) is 0 Å². The smallest absolute Gasteiger partial charge is 0.257 e. The molecule has 5 rings (SSSR count). The van der Waals surface area contributed by atoms with Gasteiger partial charge in [-0.1, -0.05) is 18.2 Å². The first-order valence-electron chi connectivity index (χ1n) is 8.82. The maximum Gasteiger partial charge on any atom is 0.257 e. The van der Waals surface area contributed by atoms with Gasteiger partial charge in [-0.15, -0.1) is 0 Å². The summed E-state index contributed by atoms with van der Waals surface area (Å²) in [5, 5.41) is 11.3. The van der Waals surface area contributed by atoms with Gasteiger partial charge in [-0.3, -0.25) is 14.9 Å². The van der Waals surface area contributed by atoms with Gasteiger partial charge in [0.15, 0.2) is 0 Å². The van der Waals surface area contributed by atoms with Crippen molar-refractivity contribution >= 4 is 46.4 Å². The first-order valence-corrected chi connectivity index (χ1v) is 8.82. The Labute approximate surface area is 160 Å². The van der Waals surface area contributed by atoms with Gasteiger partial charge in [0.2, 0.25) is 0 Å². The van der Waals surface area contributed by atoms with Gasteiger partial charge in [0.25, 0.3) is 5.91 Å². The fraction of sp³-hybridized carbons (Fsp3) is 0. The second-order valence-electron chi connectivity index (χ2n) is 6.45. The molecule has 1 aliphatic rings. The summed E-state index contributed by atoms with van der Waals surface area (Å²) in [5.74, 6) is 0.461. The van der Waals surface area contributed by atoms with Crippen LogP contribution < -0.4 is 5.32 Å². The number of anilines is 1. The van der Waals surface area contributed by atoms with E-state index in [-0.39, 0.29) is 5.91 Å². The Morgan fingerprint density at radius 2 is 1.89 bits per heavy atom. The van der Waals surface area contributed by atoms with Gasteiger partial charge in [0, 0.05) is 29.5 Å². The minimum atomic E-state index is -0.140. The second kappa shape index (κ2) is 6.59. The zero-order valence-corrected chi connectivity index (χ0v) is 14.8. The third-order valence-electron chi connectivity index (χ3n) is 4.62. The molecule has 28 heavy (non-hydrogen) atoms. The number of fused-ring (bicyclic) bond motifs is 2. The lowest BCUT2D eigenvalue weighted by atomic mass is 10.0. The highest BCUT2D eigenvalue weighted by molar-refractivity contribution is 6.34. The zero-order valence-electron chi connectivity index (χ0n) is 14.8. The van der Waals surface area contributed by atoms with Crippen molar-refractivity contribution in [1.29, 1.82) is 0 Å². The molecule has 0 atom stereocenters. The van der Waals surface area contributed by atoms with E-state index in [1.54, 1.807) is 18.6 Å². The Morgan fingerprint density at radius 1 is 0.964 bits per heavy atom. The minimum absolute atomic E-state index is 0.140. The lowest BCUT2D eigenvalue weighted by Crippen LogP contribution is -2.04. The number of benzene rings is 1. The van der Waals surface area contributed by atoms with E-state index in [9.17, 15) is 4.79 Å². The summed E-state index contributed by atoms with van der Waals surface area (Å²) in [5.41, 5.74) is 5.12. The summed E-state index contributed by atoms with van der Waals surface area (Å²) < 4.78 is 0. The summed E-state index contributed by atoms with van der Waals surface area (Å²) in [6, 6.07) is 13.6. The summed E-state index contributed by atoms with van der Waals surface area (Å²) in [4.78, 5) is 20.6. The highest BCUT2D eigenvalue weighted by Gasteiger charge is 2.24. The van der Waals surface area contributed by atoms with E-state index in [1.165, 1.54) is 0 Å². The molecule has 0 bridgehead atoms. The lowest BCUT2D eigenvalue weighted by Gasteiger charge is -1.99. The SMILES string of the molecule is O=C1Nc2ncccc2C1=Cc1ccc2c(C=Cc3cccnc3)n[nH]c2c1. The van der Waals surface area contributed by atoms with Gasteiger partial charge >= 0.3 is 0 Å². The molecule has 6 heteroatoms. The van der Waals surface area contributed by atoms with Crippen LogP contribution in [0.4, 0.5) is 5.82 Å². The van der Waals surface area contributed by atoms with Crippen LogP contribution in [0, 0.1) is 0 Å². The van der Waals surface area contributed by atoms with Crippen LogP contribution in [-0.2, 0) is 4.79 Å². The molecule has 1 aliphatic heterocycles. The molecule has 0 aliphatic carbocycles. The van der Waals surface area contributed by atoms with Crippen LogP contribution in [0.5, 0.6) is 0 Å². The lowest BCUT2D eigenvalue weighted by molar-refractivity contribution is -0.110. The van der Waals surface area contributed by atoms with Gasteiger partial charge < -0.3 is 5.32 Å². The second-order valence-corrected chi connectivity index (χ2v) is 6.45. The molecule has 0 saturated heterocycles. The molecule has 4 heterocycles. The van der Waals surface area contributed by atoms with Crippen molar-refractivity contribution in [3.63, 3.8) is 0 Å². The molecule has 1 amide bonds. The number of carbonyl (C=O) groups is 1. The van der Waals surface area contributed by atoms with E-state index in [0.717, 1.165) is 33.3 Å². The number of aromatic amines is 1. The Morgan fingerprint density at radius 3 is 2.79 bits per heavy atom. The van der Waals surface area contributed by atoms with Crippen molar-refractivity contribution in [2.75, 3.05) is 5.32 Å². The third-order valence-corrected chi connectivity index (χ3v) is 4.62. The highest BCUT2D eigenvalue weighted by atomic mass is 16.2. The molecule has 0 spiro atoms. The summed E-state index contributed by atoms with van der Waals surface area (Å²) in [6.45, 7) is 0. The van der Waals surface area contributed by atoms with Crippen molar-refractivity contribution < 1.29 is 4.79 Å². The molecule has 6 nitrogen and oxygen atoms in total. The van der Waals surface area contributed by atoms with Gasteiger partial charge in [-0.05, 0) is 53.6 Å². The Balaban J connectivity index is 1.49. The zero-order chi connectivity index (χ0) is 18.9. The normalized spacial score (nSPS) is 14.7. The van der Waals surface area contributed by atoms with Crippen LogP contribution in [0.25, 0.3) is 34.7 Å². The number of hydrogen-bond acceptors (Lipinski definition) is 4. The van der Waals surface area contributed by atoms with Crippen LogP contribution in [0.15, 0.2) is 61.1 Å². The van der Waals surface area contributed by atoms with Gasteiger partial charge in [0.05, 0.1) is 16.8 Å². The minimum Gasteiger partial charge on any atom is -0.306 e. The van der Waals surface area contributed by atoms with Gasteiger partial charge in [-0.25, -0.2) is 4.98 Å². The number of carbonyl (C=O) groups excluding carboxylic acids is 1. The molecule has 4 aromatic rings. The van der Waals surface area contributed by atoms with Crippen LogP contribution in [0.1, 0.15) is 22.4 Å². The quantitative estimate of drug-likeness (QED) is 0.537. The largest absolute Gasteiger partial charge is 0.306 e. The number of nitrogens with zero attached hydrogens (tertiary/aromatic N) is 3. The fourth-order valence-corrected chi connectivity index (χ4v) is 3.25. The first-order chi connectivity index (χ1) is 13.8. The number of H-pyrrole nitrogens is 1. The molecule has 1 aromatic carbocycles. The molecule has 0 radical (unpaired) electrons. The standard InChI is InChI=1S/C22H15N5O/c28-22-18(16-4-2-10-24-21(16)25-22)11-15-5-7-17-19(26-27-20(17)12-15)8-6-14-3-1-9-23-13-14/h1-13H,(H,26,27)(H,24,25,28). The van der Waals surface area contributed by atoms with Crippen molar-refractivity contribution in [2.24, 2.45) is 0 Å². The van der Waals surface area contributed by atoms with E-state index < -0.39 is 0 Å². The van der Waals surface area contributed by atoms with Gasteiger partial charge in [-0.2, -0.15) is 5.10 Å². The van der Waals surface area contributed by atoms with E-state index in [0.29, 0.717) is 11.4 Å². The highest BCUT2D eigenvalue weighted by Crippen LogP contribution is 2.31. The van der Waals surface area contributed by atoms with E-state index in [4.69, 9.17) is 0 Å². The van der Waals surface area contributed by atoms with Crippen molar-refractivity contribution in [1.82, 2.24) is 20.2 Å². The van der Waals surface area contributed by atoms with Crippen LogP contribution in [0.2, 0.25) is 0 Å². The summed E-state index contributed by atoms with van der Waals surface area (Å²) in [7, 11) is 0. The van der Waals surface area contributed by atoms with Crippen molar-refractivity contribution in [3.05, 3.63) is 83.4 Å². The number of pyridine rings is 2. The number of rotatable bonds is 3. The van der Waals surface area contributed by atoms with Gasteiger partial charge in [0.1, 0.15) is 5.82 Å². The predicted octanol–water partition coefficient (Wildman–Crippen LogP) is 4.02. The molecular weight excluding hydrogens is 350 g/mol. The number of hydrogen-bond donors (Lipinski definition) is 2. The Bertz CT molecular complexity index is 1250. The average Bonchev–Trinajstić information content (AvgIpc) is 3.28. The topological polar surface area (TPSA) is 83.6 Å². The molecule has 2 N–H and O–H groups in total. The summed E-state index contributed by atoms with van der Waals surface area (Å²) in [6.07, 6.45) is 11.0. The van der Waals surface area contributed by atoms with Crippen LogP contribution in [-0.4, -0.2) is 26.1 Å². The Hall–Kier alpha value is -4.06. The molecule has 3 aromatic heterocycles. The first kappa shape index (κ1) is 16.1. The number of aromatic nitrogens is 4. The van der Waals surface area contributed by atoms with E-state index >= 15 is 0 Å². The fourth-order valence-electron chi connectivity index (χ4n) is 3.25. The average molecular weight is 365 g/mol. The van der Waals surface area contributed by atoms with Crippen molar-refractivity contribution in [2.45, 2.75) is 0 Å². The molecule has 0 unspecified atom stereocenters. The summed E-state index contributed by atoms with van der Waals surface area (Å²) >= 11 is 0. The molecule has 0 fully saturated rings. The predicted molar refractivity (Wildman–Crippen MR) is 110 cm³/mol. The molecular formula is C22H15N5O. The third kappa shape index (κ3) is 2.87. The maximum atomic E-state index is 12.3. The van der Waals surface area contributed by atoms with Crippen LogP contribution in [0.3, 0.4) is 0 Å². The van der Waals surface area contributed by atoms with E-state index in [1.807, 2.05) is 60.7 Å². The molecule has 0 saturated carbocycles. The number of nitrogens with one attached hydrogen (secondary N) is 2. The van der Waals surface area contributed by atoms with E-state index in [2.05, 4.69) is 25.5 Å². The van der Waals surface area contributed by atoms with Crippen LogP contribution >= 0.6 is 0 Å². The Kier molecular flexibility index (Phi) is 3.80.